The summed E-state index contributed by atoms with van der Waals surface area (Å²) in [5, 5.41) is 20.8. The van der Waals surface area contributed by atoms with Crippen molar-refractivity contribution in [1.29, 1.82) is 5.26 Å². The first-order chi connectivity index (χ1) is 10.3. The van der Waals surface area contributed by atoms with Gasteiger partial charge in [-0.25, -0.2) is 4.98 Å². The molecule has 0 aliphatic carbocycles. The Morgan fingerprint density at radius 2 is 1.86 bits per heavy atom. The topological polar surface area (TPSA) is 56.9 Å². The van der Waals surface area contributed by atoms with Crippen LogP contribution in [-0.2, 0) is 5.75 Å². The van der Waals surface area contributed by atoms with Crippen LogP contribution in [0.15, 0.2) is 59.6 Å². The number of rotatable bonds is 3. The fraction of sp³-hybridized carbons (Fsp3) is 0.0588. The lowest BCUT2D eigenvalue weighted by Crippen LogP contribution is -1.90. The normalized spacial score (nSPS) is 10.4. The lowest BCUT2D eigenvalue weighted by atomic mass is 10.1. The van der Waals surface area contributed by atoms with E-state index < -0.39 is 0 Å². The van der Waals surface area contributed by atoms with E-state index in [0.717, 1.165) is 21.2 Å². The zero-order valence-corrected chi connectivity index (χ0v) is 12.0. The Morgan fingerprint density at radius 1 is 1.05 bits per heavy atom. The van der Waals surface area contributed by atoms with Gasteiger partial charge in [-0.05, 0) is 29.1 Å². The summed E-state index contributed by atoms with van der Waals surface area (Å²) in [5.74, 6) is 0.958. The molecule has 0 saturated carbocycles. The number of phenols is 1. The van der Waals surface area contributed by atoms with Gasteiger partial charge in [0.25, 0.3) is 0 Å². The van der Waals surface area contributed by atoms with Crippen LogP contribution in [-0.4, -0.2) is 10.1 Å². The Bertz CT molecular complexity index is 840. The summed E-state index contributed by atoms with van der Waals surface area (Å²) in [5.41, 5.74) is 1.38. The highest BCUT2D eigenvalue weighted by Gasteiger charge is 2.07. The molecule has 1 N–H and O–H groups in total. The molecule has 1 aromatic heterocycles. The molecule has 2 aromatic carbocycles. The van der Waals surface area contributed by atoms with Crippen molar-refractivity contribution in [3.8, 4) is 11.8 Å². The van der Waals surface area contributed by atoms with Crippen LogP contribution in [0.25, 0.3) is 10.8 Å². The largest absolute Gasteiger partial charge is 0.507 e. The molecule has 3 nitrogen and oxygen atoms in total. The van der Waals surface area contributed by atoms with E-state index in [4.69, 9.17) is 5.26 Å². The van der Waals surface area contributed by atoms with Gasteiger partial charge in [0.05, 0.1) is 0 Å². The van der Waals surface area contributed by atoms with E-state index in [1.165, 1.54) is 0 Å². The van der Waals surface area contributed by atoms with Gasteiger partial charge < -0.3 is 5.11 Å². The summed E-state index contributed by atoms with van der Waals surface area (Å²) in [6.07, 6.45) is 1.63. The van der Waals surface area contributed by atoms with Crippen molar-refractivity contribution in [3.63, 3.8) is 0 Å². The minimum Gasteiger partial charge on any atom is -0.507 e. The van der Waals surface area contributed by atoms with E-state index in [1.807, 2.05) is 42.5 Å². The molecule has 0 unspecified atom stereocenters. The number of nitriles is 1. The molecule has 0 saturated heterocycles. The van der Waals surface area contributed by atoms with Crippen LogP contribution in [0.3, 0.4) is 0 Å². The average molecular weight is 292 g/mol. The molecule has 102 valence electrons. The summed E-state index contributed by atoms with van der Waals surface area (Å²) < 4.78 is 0. The SMILES string of the molecule is N#Cc1ncccc1CSc1ccc(O)c2ccccc12. The molecule has 0 aliphatic heterocycles. The van der Waals surface area contributed by atoms with Gasteiger partial charge in [0.15, 0.2) is 0 Å². The molecule has 4 heteroatoms. The second-order valence-electron chi connectivity index (χ2n) is 4.54. The second-order valence-corrected chi connectivity index (χ2v) is 5.56. The molecular weight excluding hydrogens is 280 g/mol. The smallest absolute Gasteiger partial charge is 0.144 e. The first-order valence-electron chi connectivity index (χ1n) is 6.47. The maximum atomic E-state index is 9.90. The molecule has 3 aromatic rings. The van der Waals surface area contributed by atoms with Crippen LogP contribution < -0.4 is 0 Å². The van der Waals surface area contributed by atoms with Crippen LogP contribution >= 0.6 is 11.8 Å². The Kier molecular flexibility index (Phi) is 3.76. The van der Waals surface area contributed by atoms with Crippen molar-refractivity contribution in [2.45, 2.75) is 10.6 Å². The van der Waals surface area contributed by atoms with Crippen LogP contribution in [0, 0.1) is 11.3 Å². The third-order valence-corrected chi connectivity index (χ3v) is 4.36. The summed E-state index contributed by atoms with van der Waals surface area (Å²) >= 11 is 1.64. The Labute approximate surface area is 126 Å². The highest BCUT2D eigenvalue weighted by molar-refractivity contribution is 7.98. The zero-order chi connectivity index (χ0) is 14.7. The van der Waals surface area contributed by atoms with Gasteiger partial charge in [0.1, 0.15) is 17.5 Å². The lowest BCUT2D eigenvalue weighted by Gasteiger charge is -2.08. The van der Waals surface area contributed by atoms with Crippen LogP contribution in [0.2, 0.25) is 0 Å². The quantitative estimate of drug-likeness (QED) is 0.738. The van der Waals surface area contributed by atoms with E-state index in [-0.39, 0.29) is 5.75 Å². The molecule has 21 heavy (non-hydrogen) atoms. The molecule has 0 radical (unpaired) electrons. The predicted octanol–water partition coefficient (Wildman–Crippen LogP) is 4.10. The van der Waals surface area contributed by atoms with Crippen molar-refractivity contribution < 1.29 is 5.11 Å². The maximum absolute atomic E-state index is 9.90. The average Bonchev–Trinajstić information content (AvgIpc) is 2.55. The number of hydrogen-bond donors (Lipinski definition) is 1. The number of nitrogens with zero attached hydrogens (tertiary/aromatic N) is 2. The summed E-state index contributed by atoms with van der Waals surface area (Å²) in [6.45, 7) is 0. The fourth-order valence-electron chi connectivity index (χ4n) is 2.19. The first-order valence-corrected chi connectivity index (χ1v) is 7.45. The molecule has 3 rings (SSSR count). The van der Waals surface area contributed by atoms with Gasteiger partial charge in [-0.3, -0.25) is 0 Å². The molecule has 0 spiro atoms. The van der Waals surface area contributed by atoms with Crippen molar-refractivity contribution in [3.05, 3.63) is 66.0 Å². The molecule has 0 amide bonds. The zero-order valence-electron chi connectivity index (χ0n) is 11.2. The summed E-state index contributed by atoms with van der Waals surface area (Å²) in [7, 11) is 0. The molecule has 0 fully saturated rings. The second kappa shape index (κ2) is 5.86. The third kappa shape index (κ3) is 2.69. The van der Waals surface area contributed by atoms with Crippen molar-refractivity contribution >= 4 is 22.5 Å². The molecule has 1 heterocycles. The summed E-state index contributed by atoms with van der Waals surface area (Å²) in [4.78, 5) is 5.15. The monoisotopic (exact) mass is 292 g/mol. The van der Waals surface area contributed by atoms with E-state index in [9.17, 15) is 5.11 Å². The number of thioether (sulfide) groups is 1. The van der Waals surface area contributed by atoms with Gasteiger partial charge in [-0.2, -0.15) is 5.26 Å². The lowest BCUT2D eigenvalue weighted by molar-refractivity contribution is 0.481. The third-order valence-electron chi connectivity index (χ3n) is 3.24. The highest BCUT2D eigenvalue weighted by Crippen LogP contribution is 2.34. The Morgan fingerprint density at radius 3 is 2.67 bits per heavy atom. The van der Waals surface area contributed by atoms with Crippen molar-refractivity contribution in [2.24, 2.45) is 0 Å². The number of phenolic OH excluding ortho intramolecular Hbond substituents is 1. The van der Waals surface area contributed by atoms with Crippen LogP contribution in [0.5, 0.6) is 5.75 Å². The number of aromatic hydroxyl groups is 1. The number of hydrogen-bond acceptors (Lipinski definition) is 4. The maximum Gasteiger partial charge on any atom is 0.144 e. The van der Waals surface area contributed by atoms with Gasteiger partial charge in [0, 0.05) is 22.2 Å². The number of aromatic nitrogens is 1. The van der Waals surface area contributed by atoms with Gasteiger partial charge in [-0.1, -0.05) is 30.3 Å². The van der Waals surface area contributed by atoms with E-state index in [0.29, 0.717) is 11.4 Å². The van der Waals surface area contributed by atoms with Crippen LogP contribution in [0.1, 0.15) is 11.3 Å². The number of fused-ring (bicyclic) bond motifs is 1. The number of pyridine rings is 1. The number of benzene rings is 2. The predicted molar refractivity (Wildman–Crippen MR) is 84.1 cm³/mol. The molecule has 0 atom stereocenters. The van der Waals surface area contributed by atoms with Gasteiger partial charge in [-0.15, -0.1) is 11.8 Å². The molecular formula is C17H12N2OS. The highest BCUT2D eigenvalue weighted by atomic mass is 32.2. The fourth-order valence-corrected chi connectivity index (χ4v) is 3.23. The standard InChI is InChI=1S/C17H12N2OS/c18-10-15-12(4-3-9-19-15)11-21-17-8-7-16(20)13-5-1-2-6-14(13)17/h1-9,20H,11H2. The minimum atomic E-state index is 0.286. The van der Waals surface area contributed by atoms with Gasteiger partial charge >= 0.3 is 0 Å². The van der Waals surface area contributed by atoms with E-state index in [2.05, 4.69) is 11.1 Å². The van der Waals surface area contributed by atoms with Crippen LogP contribution in [0.4, 0.5) is 0 Å². The van der Waals surface area contributed by atoms with Gasteiger partial charge in [0.2, 0.25) is 0 Å². The Hall–Kier alpha value is -2.51. The van der Waals surface area contributed by atoms with Crippen molar-refractivity contribution in [1.82, 2.24) is 4.98 Å². The van der Waals surface area contributed by atoms with E-state index in [1.54, 1.807) is 24.0 Å². The molecule has 0 bridgehead atoms. The summed E-state index contributed by atoms with van der Waals surface area (Å²) in [6, 6.07) is 17.2. The minimum absolute atomic E-state index is 0.286. The Balaban J connectivity index is 1.93. The first kappa shape index (κ1) is 13.5. The van der Waals surface area contributed by atoms with E-state index >= 15 is 0 Å². The van der Waals surface area contributed by atoms with Crippen molar-refractivity contribution in [2.75, 3.05) is 0 Å². The molecule has 0 aliphatic rings.